The fourth-order valence-electron chi connectivity index (χ4n) is 3.63. The average molecular weight is 918 g/mol. The van der Waals surface area contributed by atoms with E-state index in [0.29, 0.717) is 36.5 Å². The van der Waals surface area contributed by atoms with Gasteiger partial charge in [-0.15, -0.1) is 0 Å². The van der Waals surface area contributed by atoms with Gasteiger partial charge in [0, 0.05) is 0 Å². The molecule has 14 heteroatoms. The van der Waals surface area contributed by atoms with Crippen molar-refractivity contribution in [1.82, 2.24) is 0 Å². The van der Waals surface area contributed by atoms with Crippen LogP contribution < -0.4 is 30.6 Å². The molecule has 0 bridgehead atoms. The van der Waals surface area contributed by atoms with Gasteiger partial charge in [-0.1, -0.05) is 0 Å². The van der Waals surface area contributed by atoms with Crippen molar-refractivity contribution in [2.45, 2.75) is 151 Å². The van der Waals surface area contributed by atoms with E-state index in [0.717, 1.165) is 0 Å². The van der Waals surface area contributed by atoms with Crippen molar-refractivity contribution < 1.29 is 59.4 Å². The summed E-state index contributed by atoms with van der Waals surface area (Å²) in [6.07, 6.45) is 31.7. The first-order valence-electron chi connectivity index (χ1n) is 17.3. The molecule has 0 aliphatic heterocycles. The maximum Gasteiger partial charge on any atom is 0.0643 e. The van der Waals surface area contributed by atoms with Crippen LogP contribution in [-0.2, 0) is 28.8 Å². The molecule has 0 heterocycles. The van der Waals surface area contributed by atoms with E-state index in [2.05, 4.69) is 13.8 Å². The molecule has 0 aromatic rings. The largest absolute Gasteiger partial charge is 0.545 e. The van der Waals surface area contributed by atoms with Crippen molar-refractivity contribution in [3.8, 4) is 0 Å². The normalized spacial score (nSPS) is 10.1. The molecule has 0 N–H and O–H groups in total. The molecule has 50 heavy (non-hydrogen) atoms. The summed E-state index contributed by atoms with van der Waals surface area (Å²) in [5.74, 6) is -9.28. The summed E-state index contributed by atoms with van der Waals surface area (Å²) in [6.45, 7) is 4.57. The van der Waals surface area contributed by atoms with Gasteiger partial charge in [-0.2, -0.15) is 0 Å². The molecule has 0 aromatic heterocycles. The summed E-state index contributed by atoms with van der Waals surface area (Å²) in [7, 11) is 0. The Balaban J connectivity index is -0.000000172. The number of carbonyl (C=O) groups is 6. The molecule has 0 saturated carbocycles. The second kappa shape index (κ2) is 51.0. The van der Waals surface area contributed by atoms with Crippen molar-refractivity contribution in [1.29, 1.82) is 0 Å². The maximum atomic E-state index is 9.41. The average Bonchev–Trinajstić information content (AvgIpc) is 3.05. The van der Waals surface area contributed by atoms with Crippen LogP contribution in [0.15, 0.2) is 36.5 Å². The van der Waals surface area contributed by atoms with Crippen LogP contribution in [0.1, 0.15) is 142 Å². The summed E-state index contributed by atoms with van der Waals surface area (Å²) in [4.78, 5) is 56.5. The molecule has 12 nitrogen and oxygen atoms in total. The summed E-state index contributed by atoms with van der Waals surface area (Å²) in [6, 6.07) is 0. The first-order chi connectivity index (χ1) is 23.7. The minimum Gasteiger partial charge on any atom is -0.545 e. The molecule has 0 saturated heterocycles. The molecule has 280 valence electrons. The van der Waals surface area contributed by atoms with Gasteiger partial charge in [0.15, 0.2) is 0 Å². The number of hydrogen-bond acceptors (Lipinski definition) is 12. The number of rotatable bonds is 26. The van der Waals surface area contributed by atoms with Gasteiger partial charge >= 0.3 is 196 Å². The van der Waals surface area contributed by atoms with E-state index in [-0.39, 0.29) is 0 Å². The molecule has 0 atom stereocenters. The standard InChI is InChI=1S/2C12H25.3C4H4O4.2Sn/c2*1-3-5-7-9-11-12-10-8-6-4-2;3*5-3(6)1-2-4(7)8;;/h2*1,3-12H2,2H3;3*1-2H,(H,5,6)(H,7,8);;/q;;;;;2*+3/p-6/b;;3*2-1-;;. The minimum atomic E-state index is -1.55. The van der Waals surface area contributed by atoms with E-state index in [4.69, 9.17) is 0 Å². The molecule has 0 rings (SSSR count). The number of aliphatic carboxylic acids is 6. The first-order valence-corrected chi connectivity index (χ1v) is 21.3. The molecule has 0 amide bonds. The van der Waals surface area contributed by atoms with Crippen LogP contribution in [0.5, 0.6) is 0 Å². The van der Waals surface area contributed by atoms with Gasteiger partial charge < -0.3 is 59.4 Å². The number of carboxylic acid groups (broad SMARTS) is 6. The second-order valence-corrected chi connectivity index (χ2v) is 13.6. The predicted molar refractivity (Wildman–Crippen MR) is 182 cm³/mol. The quantitative estimate of drug-likeness (QED) is 0.0639. The third-order valence-corrected chi connectivity index (χ3v) is 8.15. The Labute approximate surface area is 326 Å². The molecular formula is C36H56O12Sn2. The Morgan fingerprint density at radius 2 is 0.460 bits per heavy atom. The fraction of sp³-hybridized carbons (Fsp3) is 0.667. The number of carboxylic acids is 6. The summed E-state index contributed by atoms with van der Waals surface area (Å²) in [5, 5.41) is 56.5. The van der Waals surface area contributed by atoms with Crippen molar-refractivity contribution in [3.63, 3.8) is 0 Å². The second-order valence-electron chi connectivity index (χ2n) is 10.8. The van der Waals surface area contributed by atoms with Crippen LogP contribution in [0.3, 0.4) is 0 Å². The monoisotopic (exact) mass is 920 g/mol. The van der Waals surface area contributed by atoms with Crippen molar-refractivity contribution >= 4 is 80.9 Å². The molecule has 0 aromatic carbocycles. The Kier molecular flexibility index (Phi) is 58.1. The maximum absolute atomic E-state index is 9.41. The molecule has 0 radical (unpaired) electrons. The summed E-state index contributed by atoms with van der Waals surface area (Å²) in [5.41, 5.74) is 0. The SMILES string of the molecule is CCCCCCCCCCC[CH2][Sn+3].CCCCCCCCCCC[CH2][Sn+3].O=C([O-])/C=C\C(=O)[O-].O=C([O-])/C=C\C(=O)[O-].O=C([O-])/C=C\C(=O)[O-]. The van der Waals surface area contributed by atoms with Crippen molar-refractivity contribution in [2.75, 3.05) is 0 Å². The van der Waals surface area contributed by atoms with Crippen LogP contribution in [0.4, 0.5) is 0 Å². The van der Waals surface area contributed by atoms with Crippen molar-refractivity contribution in [3.05, 3.63) is 36.5 Å². The van der Waals surface area contributed by atoms with Gasteiger partial charge in [-0.3, -0.25) is 0 Å². The van der Waals surface area contributed by atoms with E-state index in [9.17, 15) is 59.4 Å². The van der Waals surface area contributed by atoms with E-state index >= 15 is 0 Å². The van der Waals surface area contributed by atoms with E-state index in [1.165, 1.54) is 137 Å². The molecule has 0 aliphatic rings. The number of carbonyl (C=O) groups excluding carboxylic acids is 6. The van der Waals surface area contributed by atoms with Gasteiger partial charge in [0.2, 0.25) is 0 Å². The zero-order chi connectivity index (χ0) is 39.3. The van der Waals surface area contributed by atoms with Crippen LogP contribution >= 0.6 is 0 Å². The number of hydrogen-bond donors (Lipinski definition) is 0. The van der Waals surface area contributed by atoms with Crippen LogP contribution in [0.25, 0.3) is 0 Å². The third-order valence-electron chi connectivity index (χ3n) is 6.13. The van der Waals surface area contributed by atoms with E-state index in [1.54, 1.807) is 45.0 Å². The van der Waals surface area contributed by atoms with Gasteiger partial charge in [0.1, 0.15) is 0 Å². The van der Waals surface area contributed by atoms with E-state index < -0.39 is 35.8 Å². The van der Waals surface area contributed by atoms with Crippen LogP contribution in [-0.4, -0.2) is 80.9 Å². The van der Waals surface area contributed by atoms with Gasteiger partial charge in [0.25, 0.3) is 0 Å². The zero-order valence-corrected chi connectivity index (χ0v) is 35.6. The first kappa shape index (κ1) is 57.0. The van der Waals surface area contributed by atoms with Gasteiger partial charge in [-0.25, -0.2) is 0 Å². The van der Waals surface area contributed by atoms with E-state index in [1.807, 2.05) is 0 Å². The topological polar surface area (TPSA) is 241 Å². The van der Waals surface area contributed by atoms with Crippen LogP contribution in [0.2, 0.25) is 8.87 Å². The predicted octanol–water partition coefficient (Wildman–Crippen LogP) is 0.115. The fourth-order valence-corrected chi connectivity index (χ4v) is 5.06. The Hall–Kier alpha value is -2.36. The molecule has 0 aliphatic carbocycles. The Morgan fingerprint density at radius 3 is 0.580 bits per heavy atom. The third kappa shape index (κ3) is 85.4. The summed E-state index contributed by atoms with van der Waals surface area (Å²) >= 11 is 3.43. The smallest absolute Gasteiger partial charge is 0.0643 e. The zero-order valence-electron chi connectivity index (χ0n) is 29.9. The molecule has 0 unspecified atom stereocenters. The number of unbranched alkanes of at least 4 members (excludes halogenated alkanes) is 18. The minimum absolute atomic E-state index is 0.384. The van der Waals surface area contributed by atoms with Crippen molar-refractivity contribution in [2.24, 2.45) is 0 Å². The van der Waals surface area contributed by atoms with Crippen LogP contribution in [0, 0.1) is 0 Å². The Morgan fingerprint density at radius 1 is 0.320 bits per heavy atom. The van der Waals surface area contributed by atoms with Gasteiger partial charge in [-0.05, 0) is 36.5 Å². The Bertz CT molecular complexity index is 748. The molecular weight excluding hydrogens is 862 g/mol. The molecule has 0 spiro atoms. The molecule has 0 fully saturated rings. The van der Waals surface area contributed by atoms with Gasteiger partial charge in [0.05, 0.1) is 35.8 Å². The summed E-state index contributed by atoms with van der Waals surface area (Å²) < 4.78 is 2.92.